The summed E-state index contributed by atoms with van der Waals surface area (Å²) in [5.74, 6) is 1.91. The third-order valence-corrected chi connectivity index (χ3v) is 4.98. The lowest BCUT2D eigenvalue weighted by Gasteiger charge is -2.15. The fraction of sp³-hybridized carbons (Fsp3) is 0.571. The Morgan fingerprint density at radius 2 is 2.11 bits per heavy atom. The summed E-state index contributed by atoms with van der Waals surface area (Å²) < 4.78 is 7.34. The molecule has 1 N–H and O–H groups in total. The van der Waals surface area contributed by atoms with Crippen LogP contribution in [0.4, 0.5) is 0 Å². The zero-order chi connectivity index (χ0) is 19.4. The Hall–Kier alpha value is -2.37. The van der Waals surface area contributed by atoms with Crippen molar-refractivity contribution in [1.29, 1.82) is 0 Å². The van der Waals surface area contributed by atoms with Crippen LogP contribution in [0.25, 0.3) is 10.9 Å². The van der Waals surface area contributed by atoms with Crippen LogP contribution < -0.4 is 15.6 Å². The normalized spacial score (nSPS) is 14.4. The van der Waals surface area contributed by atoms with Gasteiger partial charge >= 0.3 is 0 Å². The summed E-state index contributed by atoms with van der Waals surface area (Å²) in [5.41, 5.74) is 0.657. The molecule has 1 aliphatic heterocycles. The van der Waals surface area contributed by atoms with E-state index in [1.54, 1.807) is 22.8 Å². The van der Waals surface area contributed by atoms with Gasteiger partial charge in [0.1, 0.15) is 11.6 Å². The summed E-state index contributed by atoms with van der Waals surface area (Å²) >= 11 is 0. The molecule has 1 atom stereocenters. The van der Waals surface area contributed by atoms with Crippen LogP contribution in [0.15, 0.2) is 23.0 Å². The van der Waals surface area contributed by atoms with Gasteiger partial charge in [-0.2, -0.15) is 0 Å². The second kappa shape index (κ2) is 8.55. The zero-order valence-electron chi connectivity index (χ0n) is 16.5. The molecule has 0 bridgehead atoms. The summed E-state index contributed by atoms with van der Waals surface area (Å²) in [7, 11) is 0. The average molecular weight is 371 g/mol. The van der Waals surface area contributed by atoms with E-state index in [1.165, 1.54) is 6.42 Å². The van der Waals surface area contributed by atoms with E-state index >= 15 is 0 Å². The lowest BCUT2D eigenvalue weighted by Crippen LogP contribution is -2.36. The van der Waals surface area contributed by atoms with Gasteiger partial charge in [0.25, 0.3) is 11.5 Å². The highest BCUT2D eigenvalue weighted by Gasteiger charge is 2.16. The van der Waals surface area contributed by atoms with E-state index in [4.69, 9.17) is 4.74 Å². The van der Waals surface area contributed by atoms with Crippen molar-refractivity contribution in [2.75, 3.05) is 6.61 Å². The van der Waals surface area contributed by atoms with Gasteiger partial charge in [0.15, 0.2) is 6.61 Å². The molecular weight excluding hydrogens is 342 g/mol. The first-order valence-electron chi connectivity index (χ1n) is 9.89. The Kier molecular flexibility index (Phi) is 6.14. The standard InChI is InChI=1S/C21H29N3O3/c1-14(2)6-4-7-15(3)22-20(25)13-27-16-9-10-18-17(12-16)21(26)24-11-5-8-19(24)23-18/h9-10,12,14-15H,4-8,11,13H2,1-3H3,(H,22,25). The van der Waals surface area contributed by atoms with Crippen LogP contribution in [0.2, 0.25) is 0 Å². The number of aromatic nitrogens is 2. The number of rotatable bonds is 8. The number of hydrogen-bond donors (Lipinski definition) is 1. The average Bonchev–Trinajstić information content (AvgIpc) is 3.09. The lowest BCUT2D eigenvalue weighted by atomic mass is 10.0. The van der Waals surface area contributed by atoms with Gasteiger partial charge in [-0.05, 0) is 43.9 Å². The van der Waals surface area contributed by atoms with Gasteiger partial charge in [0.2, 0.25) is 0 Å². The number of nitrogens with one attached hydrogen (secondary N) is 1. The van der Waals surface area contributed by atoms with Crippen molar-refractivity contribution in [2.24, 2.45) is 5.92 Å². The molecule has 1 aromatic carbocycles. The summed E-state index contributed by atoms with van der Waals surface area (Å²) in [4.78, 5) is 29.2. The molecule has 0 spiro atoms. The highest BCUT2D eigenvalue weighted by atomic mass is 16.5. The van der Waals surface area contributed by atoms with Crippen molar-refractivity contribution in [1.82, 2.24) is 14.9 Å². The fourth-order valence-corrected chi connectivity index (χ4v) is 3.52. The van der Waals surface area contributed by atoms with Gasteiger partial charge in [-0.1, -0.05) is 26.7 Å². The topological polar surface area (TPSA) is 73.2 Å². The Labute approximate surface area is 159 Å². The molecule has 2 heterocycles. The van der Waals surface area contributed by atoms with E-state index < -0.39 is 0 Å². The number of hydrogen-bond acceptors (Lipinski definition) is 4. The van der Waals surface area contributed by atoms with E-state index in [1.807, 2.05) is 6.92 Å². The Balaban J connectivity index is 1.57. The van der Waals surface area contributed by atoms with Crippen LogP contribution in [0.1, 0.15) is 52.3 Å². The van der Waals surface area contributed by atoms with Crippen molar-refractivity contribution < 1.29 is 9.53 Å². The predicted octanol–water partition coefficient (Wildman–Crippen LogP) is 3.05. The minimum atomic E-state index is -0.143. The maximum atomic E-state index is 12.6. The number of nitrogens with zero attached hydrogens (tertiary/aromatic N) is 2. The van der Waals surface area contributed by atoms with Crippen LogP contribution >= 0.6 is 0 Å². The molecule has 3 rings (SSSR count). The Bertz CT molecular complexity index is 873. The first kappa shape index (κ1) is 19.4. The molecule has 0 saturated heterocycles. The highest BCUT2D eigenvalue weighted by Crippen LogP contribution is 2.19. The smallest absolute Gasteiger partial charge is 0.261 e. The van der Waals surface area contributed by atoms with E-state index in [2.05, 4.69) is 24.1 Å². The number of carbonyl (C=O) groups is 1. The maximum Gasteiger partial charge on any atom is 0.261 e. The van der Waals surface area contributed by atoms with E-state index in [9.17, 15) is 9.59 Å². The van der Waals surface area contributed by atoms with Crippen LogP contribution in [-0.2, 0) is 17.8 Å². The number of benzene rings is 1. The lowest BCUT2D eigenvalue weighted by molar-refractivity contribution is -0.123. The van der Waals surface area contributed by atoms with Crippen LogP contribution in [0.3, 0.4) is 0 Å². The minimum Gasteiger partial charge on any atom is -0.484 e. The molecule has 0 radical (unpaired) electrons. The van der Waals surface area contributed by atoms with Gasteiger partial charge in [-0.3, -0.25) is 14.2 Å². The van der Waals surface area contributed by atoms with Crippen molar-refractivity contribution >= 4 is 16.8 Å². The SMILES string of the molecule is CC(C)CCCC(C)NC(=O)COc1ccc2nc3n(c(=O)c2c1)CCC3. The molecule has 2 aromatic rings. The second-order valence-electron chi connectivity index (χ2n) is 7.85. The summed E-state index contributed by atoms with van der Waals surface area (Å²) in [5, 5.41) is 3.51. The molecule has 1 aromatic heterocycles. The first-order valence-corrected chi connectivity index (χ1v) is 9.89. The molecule has 1 aliphatic rings. The fourth-order valence-electron chi connectivity index (χ4n) is 3.52. The van der Waals surface area contributed by atoms with Crippen molar-refractivity contribution in [3.8, 4) is 5.75 Å². The molecule has 0 aliphatic carbocycles. The minimum absolute atomic E-state index is 0.0267. The van der Waals surface area contributed by atoms with E-state index in [0.717, 1.165) is 38.1 Å². The number of amides is 1. The predicted molar refractivity (Wildman–Crippen MR) is 106 cm³/mol. The Morgan fingerprint density at radius 1 is 1.30 bits per heavy atom. The second-order valence-corrected chi connectivity index (χ2v) is 7.85. The van der Waals surface area contributed by atoms with Gasteiger partial charge in [0.05, 0.1) is 10.9 Å². The van der Waals surface area contributed by atoms with Gasteiger partial charge < -0.3 is 10.1 Å². The summed E-state index contributed by atoms with van der Waals surface area (Å²) in [6.45, 7) is 7.09. The van der Waals surface area contributed by atoms with E-state index in [0.29, 0.717) is 22.6 Å². The monoisotopic (exact) mass is 371 g/mol. The van der Waals surface area contributed by atoms with Gasteiger partial charge in [-0.25, -0.2) is 4.98 Å². The molecule has 146 valence electrons. The summed E-state index contributed by atoms with van der Waals surface area (Å²) in [6, 6.07) is 5.38. The number of ether oxygens (including phenoxy) is 1. The Morgan fingerprint density at radius 3 is 2.89 bits per heavy atom. The van der Waals surface area contributed by atoms with Crippen molar-refractivity contribution in [3.63, 3.8) is 0 Å². The molecule has 1 unspecified atom stereocenters. The summed E-state index contributed by atoms with van der Waals surface area (Å²) in [6.07, 6.45) is 5.04. The molecule has 1 amide bonds. The highest BCUT2D eigenvalue weighted by molar-refractivity contribution is 5.80. The molecule has 6 nitrogen and oxygen atoms in total. The maximum absolute atomic E-state index is 12.6. The zero-order valence-corrected chi connectivity index (χ0v) is 16.5. The third-order valence-electron chi connectivity index (χ3n) is 4.98. The third kappa shape index (κ3) is 4.87. The molecule has 0 saturated carbocycles. The van der Waals surface area contributed by atoms with E-state index in [-0.39, 0.29) is 24.1 Å². The van der Waals surface area contributed by atoms with Crippen LogP contribution in [0, 0.1) is 5.92 Å². The largest absolute Gasteiger partial charge is 0.484 e. The molecule has 0 fully saturated rings. The van der Waals surface area contributed by atoms with Crippen LogP contribution in [-0.4, -0.2) is 28.1 Å². The quantitative estimate of drug-likeness (QED) is 0.774. The number of carbonyl (C=O) groups excluding carboxylic acids is 1. The molecule has 27 heavy (non-hydrogen) atoms. The number of fused-ring (bicyclic) bond motifs is 2. The van der Waals surface area contributed by atoms with Crippen molar-refractivity contribution in [2.45, 2.75) is 65.5 Å². The van der Waals surface area contributed by atoms with Gasteiger partial charge in [-0.15, -0.1) is 0 Å². The number of aryl methyl sites for hydroxylation is 1. The molecule has 6 heteroatoms. The molecular formula is C21H29N3O3. The van der Waals surface area contributed by atoms with Crippen LogP contribution in [0.5, 0.6) is 5.75 Å². The first-order chi connectivity index (χ1) is 12.9. The van der Waals surface area contributed by atoms with Crippen molar-refractivity contribution in [3.05, 3.63) is 34.4 Å². The van der Waals surface area contributed by atoms with Gasteiger partial charge in [0, 0.05) is 19.0 Å².